The van der Waals surface area contributed by atoms with E-state index in [2.05, 4.69) is 12.0 Å². The van der Waals surface area contributed by atoms with E-state index < -0.39 is 0 Å². The van der Waals surface area contributed by atoms with Crippen molar-refractivity contribution in [2.45, 2.75) is 19.9 Å². The molecule has 92 valence electrons. The van der Waals surface area contributed by atoms with Gasteiger partial charge in [0.15, 0.2) is 5.78 Å². The molecular formula is C14H14N2O2. The molecule has 0 amide bonds. The highest BCUT2D eigenvalue weighted by Crippen LogP contribution is 2.06. The van der Waals surface area contributed by atoms with Crippen LogP contribution in [-0.4, -0.2) is 15.6 Å². The lowest BCUT2D eigenvalue weighted by atomic mass is 10.1. The first-order valence-electron chi connectivity index (χ1n) is 5.85. The second kappa shape index (κ2) is 5.40. The van der Waals surface area contributed by atoms with Crippen LogP contribution in [0.1, 0.15) is 22.8 Å². The van der Waals surface area contributed by atoms with Gasteiger partial charge in [-0.15, -0.1) is 0 Å². The first-order chi connectivity index (χ1) is 8.70. The molecule has 0 spiro atoms. The Hall–Kier alpha value is -2.23. The van der Waals surface area contributed by atoms with Crippen LogP contribution < -0.4 is 5.56 Å². The quantitative estimate of drug-likeness (QED) is 0.767. The molecule has 0 unspecified atom stereocenters. The van der Waals surface area contributed by atoms with Crippen molar-refractivity contribution in [3.63, 3.8) is 0 Å². The predicted molar refractivity (Wildman–Crippen MR) is 68.6 cm³/mol. The smallest absolute Gasteiger partial charge is 0.267 e. The van der Waals surface area contributed by atoms with Crippen LogP contribution in [0, 0.1) is 0 Å². The maximum absolute atomic E-state index is 12.0. The molecule has 4 nitrogen and oxygen atoms in total. The molecular weight excluding hydrogens is 228 g/mol. The molecule has 0 saturated carbocycles. The molecule has 0 aliphatic heterocycles. The van der Waals surface area contributed by atoms with Crippen LogP contribution in [0.25, 0.3) is 0 Å². The van der Waals surface area contributed by atoms with Gasteiger partial charge in [0.2, 0.25) is 0 Å². The minimum atomic E-state index is -0.268. The number of hydrogen-bond donors (Lipinski definition) is 0. The van der Waals surface area contributed by atoms with Gasteiger partial charge in [0.05, 0.1) is 0 Å². The number of ketones is 1. The van der Waals surface area contributed by atoms with Crippen LogP contribution in [0.15, 0.2) is 47.4 Å². The average Bonchev–Trinajstić information content (AvgIpc) is 2.41. The number of rotatable bonds is 4. The van der Waals surface area contributed by atoms with Crippen molar-refractivity contribution in [3.05, 3.63) is 64.1 Å². The van der Waals surface area contributed by atoms with Crippen molar-refractivity contribution in [1.82, 2.24) is 9.78 Å². The number of hydrogen-bond acceptors (Lipinski definition) is 3. The van der Waals surface area contributed by atoms with Crippen LogP contribution in [-0.2, 0) is 13.0 Å². The van der Waals surface area contributed by atoms with E-state index in [1.165, 1.54) is 17.8 Å². The largest absolute Gasteiger partial charge is 0.292 e. The molecule has 0 saturated heterocycles. The van der Waals surface area contributed by atoms with Crippen LogP contribution in [0.5, 0.6) is 0 Å². The molecule has 0 atom stereocenters. The molecule has 0 fully saturated rings. The van der Waals surface area contributed by atoms with Crippen LogP contribution in [0.2, 0.25) is 0 Å². The Balaban J connectivity index is 2.17. The molecule has 18 heavy (non-hydrogen) atoms. The summed E-state index contributed by atoms with van der Waals surface area (Å²) in [5.74, 6) is -0.113. The van der Waals surface area contributed by atoms with Crippen molar-refractivity contribution in [3.8, 4) is 0 Å². The van der Waals surface area contributed by atoms with Gasteiger partial charge in [-0.3, -0.25) is 9.59 Å². The Morgan fingerprint density at radius 2 is 1.94 bits per heavy atom. The summed E-state index contributed by atoms with van der Waals surface area (Å²) in [5, 5.41) is 3.86. The van der Waals surface area contributed by atoms with E-state index in [0.29, 0.717) is 5.56 Å². The predicted octanol–water partition coefficient (Wildman–Crippen LogP) is 1.69. The maximum atomic E-state index is 12.0. The van der Waals surface area contributed by atoms with E-state index in [-0.39, 0.29) is 17.9 Å². The van der Waals surface area contributed by atoms with Gasteiger partial charge in [0.1, 0.15) is 6.54 Å². The van der Waals surface area contributed by atoms with Crippen molar-refractivity contribution in [1.29, 1.82) is 0 Å². The zero-order valence-electron chi connectivity index (χ0n) is 10.2. The van der Waals surface area contributed by atoms with Gasteiger partial charge in [0.25, 0.3) is 5.56 Å². The lowest BCUT2D eigenvalue weighted by molar-refractivity contribution is 0.0965. The van der Waals surface area contributed by atoms with Gasteiger partial charge < -0.3 is 0 Å². The van der Waals surface area contributed by atoms with E-state index in [0.717, 1.165) is 11.1 Å². The SMILES string of the molecule is CCc1ccc(C(=O)Cn2ncccc2=O)cc1. The Labute approximate surface area is 105 Å². The first-order valence-corrected chi connectivity index (χ1v) is 5.85. The maximum Gasteiger partial charge on any atom is 0.267 e. The zero-order chi connectivity index (χ0) is 13.0. The molecule has 1 aromatic carbocycles. The van der Waals surface area contributed by atoms with Crippen LogP contribution >= 0.6 is 0 Å². The highest BCUT2D eigenvalue weighted by Gasteiger charge is 2.07. The van der Waals surface area contributed by atoms with Gasteiger partial charge in [-0.05, 0) is 18.1 Å². The third-order valence-electron chi connectivity index (χ3n) is 2.76. The van der Waals surface area contributed by atoms with E-state index in [9.17, 15) is 9.59 Å². The molecule has 0 aliphatic carbocycles. The van der Waals surface area contributed by atoms with E-state index in [1.54, 1.807) is 18.2 Å². The summed E-state index contributed by atoms with van der Waals surface area (Å²) < 4.78 is 1.16. The second-order valence-corrected chi connectivity index (χ2v) is 3.99. The molecule has 0 radical (unpaired) electrons. The Morgan fingerprint density at radius 1 is 1.22 bits per heavy atom. The summed E-state index contributed by atoms with van der Waals surface area (Å²) in [7, 11) is 0. The first kappa shape index (κ1) is 12.2. The Bertz CT molecular complexity index is 600. The highest BCUT2D eigenvalue weighted by atomic mass is 16.1. The standard InChI is InChI=1S/C14H14N2O2/c1-2-11-5-7-12(8-6-11)13(17)10-16-14(18)4-3-9-15-16/h3-9H,2,10H2,1H3. The molecule has 4 heteroatoms. The minimum absolute atomic E-state index is 0.0227. The average molecular weight is 242 g/mol. The van der Waals surface area contributed by atoms with Gasteiger partial charge in [-0.1, -0.05) is 31.2 Å². The van der Waals surface area contributed by atoms with Gasteiger partial charge in [-0.2, -0.15) is 5.10 Å². The molecule has 2 aromatic rings. The van der Waals surface area contributed by atoms with Crippen LogP contribution in [0.4, 0.5) is 0 Å². The molecule has 2 rings (SSSR count). The monoisotopic (exact) mass is 242 g/mol. The Morgan fingerprint density at radius 3 is 2.56 bits per heavy atom. The fourth-order valence-corrected chi connectivity index (χ4v) is 1.66. The van der Waals surface area contributed by atoms with Crippen molar-refractivity contribution < 1.29 is 4.79 Å². The highest BCUT2D eigenvalue weighted by molar-refractivity contribution is 5.95. The van der Waals surface area contributed by atoms with Crippen LogP contribution in [0.3, 0.4) is 0 Å². The lowest BCUT2D eigenvalue weighted by Crippen LogP contribution is -2.25. The van der Waals surface area contributed by atoms with E-state index in [4.69, 9.17) is 0 Å². The summed E-state index contributed by atoms with van der Waals surface area (Å²) in [5.41, 5.74) is 1.52. The van der Waals surface area contributed by atoms with Crippen molar-refractivity contribution >= 4 is 5.78 Å². The van der Waals surface area contributed by atoms with Gasteiger partial charge in [0, 0.05) is 17.8 Å². The fraction of sp³-hybridized carbons (Fsp3) is 0.214. The molecule has 1 aromatic heterocycles. The van der Waals surface area contributed by atoms with Gasteiger partial charge in [-0.25, -0.2) is 4.68 Å². The van der Waals surface area contributed by atoms with Crippen molar-refractivity contribution in [2.24, 2.45) is 0 Å². The van der Waals surface area contributed by atoms with Gasteiger partial charge >= 0.3 is 0 Å². The molecule has 0 aliphatic rings. The number of aryl methyl sites for hydroxylation is 1. The third kappa shape index (κ3) is 2.71. The van der Waals surface area contributed by atoms with E-state index in [1.807, 2.05) is 12.1 Å². The number of aromatic nitrogens is 2. The van der Waals surface area contributed by atoms with Crippen molar-refractivity contribution in [2.75, 3.05) is 0 Å². The number of benzene rings is 1. The topological polar surface area (TPSA) is 52.0 Å². The summed E-state index contributed by atoms with van der Waals surface area (Å²) in [6.45, 7) is 2.04. The Kier molecular flexibility index (Phi) is 3.67. The normalized spacial score (nSPS) is 10.3. The minimum Gasteiger partial charge on any atom is -0.292 e. The second-order valence-electron chi connectivity index (χ2n) is 3.99. The number of carbonyl (C=O) groups is 1. The summed E-state index contributed by atoms with van der Waals surface area (Å²) >= 11 is 0. The lowest BCUT2D eigenvalue weighted by Gasteiger charge is -2.04. The third-order valence-corrected chi connectivity index (χ3v) is 2.76. The molecule has 0 bridgehead atoms. The summed E-state index contributed by atoms with van der Waals surface area (Å²) in [6, 6.07) is 10.4. The molecule has 1 heterocycles. The summed E-state index contributed by atoms with van der Waals surface area (Å²) in [6.07, 6.45) is 2.43. The van der Waals surface area contributed by atoms with E-state index >= 15 is 0 Å². The summed E-state index contributed by atoms with van der Waals surface area (Å²) in [4.78, 5) is 23.4. The number of nitrogens with zero attached hydrogens (tertiary/aromatic N) is 2. The number of Topliss-reactive ketones (excluding diaryl/α,β-unsaturated/α-hetero) is 1. The molecule has 0 N–H and O–H groups in total. The fourth-order valence-electron chi connectivity index (χ4n) is 1.66. The zero-order valence-corrected chi connectivity index (χ0v) is 10.2. The number of carbonyl (C=O) groups excluding carboxylic acids is 1.